The predicted molar refractivity (Wildman–Crippen MR) is 157 cm³/mol. The van der Waals surface area contributed by atoms with Crippen LogP contribution in [0.15, 0.2) is 126 Å². The summed E-state index contributed by atoms with van der Waals surface area (Å²) in [6.45, 7) is 8.30. The van der Waals surface area contributed by atoms with Gasteiger partial charge in [0.15, 0.2) is 0 Å². The molecule has 0 aliphatic carbocycles. The SMILES string of the molecule is CC(/C=C(/C)[N-][C@@H](C)c1ccccc1)=N[C@@H](C)c1ccccc1.[Cu+].c1cnc2c(c1)ccc1cccnc12. The Balaban J connectivity index is 0.000000227. The number of aliphatic imine (C=N–C) groups is 1. The van der Waals surface area contributed by atoms with Crippen molar-refractivity contribution >= 4 is 27.5 Å². The van der Waals surface area contributed by atoms with Crippen molar-refractivity contribution in [1.82, 2.24) is 9.97 Å². The first kappa shape index (κ1) is 28.8. The van der Waals surface area contributed by atoms with Crippen molar-refractivity contribution in [2.75, 3.05) is 0 Å². The number of nitrogens with zero attached hydrogens (tertiary/aromatic N) is 4. The number of hydrogen-bond donors (Lipinski definition) is 0. The number of allylic oxidation sites excluding steroid dienone is 2. The second-order valence-corrected chi connectivity index (χ2v) is 9.07. The van der Waals surface area contributed by atoms with E-state index in [2.05, 4.69) is 103 Å². The Morgan fingerprint density at radius 2 is 1.18 bits per heavy atom. The summed E-state index contributed by atoms with van der Waals surface area (Å²) >= 11 is 0. The summed E-state index contributed by atoms with van der Waals surface area (Å²) in [5, 5.41) is 7.02. The van der Waals surface area contributed by atoms with E-state index in [9.17, 15) is 0 Å². The van der Waals surface area contributed by atoms with Crippen LogP contribution in [-0.4, -0.2) is 15.7 Å². The van der Waals surface area contributed by atoms with Crippen molar-refractivity contribution in [1.29, 1.82) is 0 Å². The van der Waals surface area contributed by atoms with Crippen LogP contribution in [0.25, 0.3) is 27.1 Å². The quantitative estimate of drug-likeness (QED) is 0.121. The fourth-order valence-corrected chi connectivity index (χ4v) is 4.28. The van der Waals surface area contributed by atoms with E-state index < -0.39 is 0 Å². The van der Waals surface area contributed by atoms with E-state index in [-0.39, 0.29) is 29.2 Å². The maximum Gasteiger partial charge on any atom is 1.00 e. The maximum atomic E-state index is 4.75. The number of aromatic nitrogens is 2. The van der Waals surface area contributed by atoms with Gasteiger partial charge in [-0.2, -0.15) is 5.70 Å². The Morgan fingerprint density at radius 1 is 0.684 bits per heavy atom. The standard InChI is InChI=1S/C21H25N2.C12H8N2.Cu/c1-16(22-18(3)20-11-7-5-8-12-20)15-17(2)23-19(4)21-13-9-6-10-14-21;1-3-9-5-6-10-4-2-8-14-12(10)11(9)13-7-1;/h5-15,18-19H,1-4H3;1-8H;/q-1;;+1/b16-15-,23-17?;;/t18-,19-;;/m0../s1. The van der Waals surface area contributed by atoms with Gasteiger partial charge in [-0.25, -0.2) is 0 Å². The summed E-state index contributed by atoms with van der Waals surface area (Å²) in [4.78, 5) is 13.4. The molecule has 38 heavy (non-hydrogen) atoms. The average molecular weight is 549 g/mol. The molecule has 196 valence electrons. The van der Waals surface area contributed by atoms with Gasteiger partial charge in [0.25, 0.3) is 0 Å². The van der Waals surface area contributed by atoms with Gasteiger partial charge in [-0.1, -0.05) is 116 Å². The van der Waals surface area contributed by atoms with E-state index in [1.54, 1.807) is 12.4 Å². The molecule has 0 amide bonds. The van der Waals surface area contributed by atoms with Gasteiger partial charge in [0.1, 0.15) is 0 Å². The first-order valence-corrected chi connectivity index (χ1v) is 12.6. The van der Waals surface area contributed by atoms with Gasteiger partial charge in [-0.3, -0.25) is 15.0 Å². The molecule has 5 rings (SSSR count). The van der Waals surface area contributed by atoms with E-state index in [0.29, 0.717) is 0 Å². The van der Waals surface area contributed by atoms with Gasteiger partial charge < -0.3 is 5.32 Å². The van der Waals surface area contributed by atoms with Crippen LogP contribution in [0.2, 0.25) is 0 Å². The molecule has 2 atom stereocenters. The fourth-order valence-electron chi connectivity index (χ4n) is 4.28. The molecular weight excluding hydrogens is 516 g/mol. The largest absolute Gasteiger partial charge is 1.00 e. The molecule has 3 aromatic carbocycles. The van der Waals surface area contributed by atoms with E-state index in [4.69, 9.17) is 10.3 Å². The first-order valence-electron chi connectivity index (χ1n) is 12.6. The third-order valence-electron chi connectivity index (χ3n) is 6.12. The zero-order chi connectivity index (χ0) is 26.0. The van der Waals surface area contributed by atoms with Gasteiger partial charge in [-0.05, 0) is 31.5 Å². The molecule has 0 saturated heterocycles. The maximum absolute atomic E-state index is 4.75. The van der Waals surface area contributed by atoms with Gasteiger partial charge >= 0.3 is 17.1 Å². The normalized spacial score (nSPS) is 13.2. The molecule has 0 saturated carbocycles. The number of benzene rings is 3. The number of pyridine rings is 2. The number of hydrogen-bond acceptors (Lipinski definition) is 3. The molecule has 2 heterocycles. The van der Waals surface area contributed by atoms with Gasteiger partial charge in [0.05, 0.1) is 17.1 Å². The summed E-state index contributed by atoms with van der Waals surface area (Å²) in [5.74, 6) is 0. The van der Waals surface area contributed by atoms with Gasteiger partial charge in [-0.15, -0.1) is 0 Å². The smallest absolute Gasteiger partial charge is 0.682 e. The minimum Gasteiger partial charge on any atom is -0.682 e. The average Bonchev–Trinajstić information content (AvgIpc) is 2.94. The minimum atomic E-state index is 0. The number of fused-ring (bicyclic) bond motifs is 3. The van der Waals surface area contributed by atoms with Crippen LogP contribution < -0.4 is 0 Å². The second kappa shape index (κ2) is 14.2. The molecule has 4 nitrogen and oxygen atoms in total. The molecule has 5 heteroatoms. The summed E-state index contributed by atoms with van der Waals surface area (Å²) in [5.41, 5.74) is 6.42. The van der Waals surface area contributed by atoms with Crippen LogP contribution in [0.3, 0.4) is 0 Å². The fraction of sp³-hybridized carbons (Fsp3) is 0.182. The molecule has 0 bridgehead atoms. The van der Waals surface area contributed by atoms with Crippen LogP contribution in [0.4, 0.5) is 0 Å². The predicted octanol–water partition coefficient (Wildman–Crippen LogP) is 9.03. The van der Waals surface area contributed by atoms with Crippen molar-refractivity contribution in [2.45, 2.75) is 39.8 Å². The third kappa shape index (κ3) is 7.85. The molecule has 2 aromatic heterocycles. The molecule has 0 radical (unpaired) electrons. The van der Waals surface area contributed by atoms with Crippen LogP contribution in [-0.2, 0) is 17.1 Å². The van der Waals surface area contributed by atoms with E-state index >= 15 is 0 Å². The molecule has 0 unspecified atom stereocenters. The monoisotopic (exact) mass is 548 g/mol. The Labute approximate surface area is 236 Å². The van der Waals surface area contributed by atoms with Crippen molar-refractivity contribution in [3.05, 3.63) is 138 Å². The van der Waals surface area contributed by atoms with Crippen LogP contribution in [0.5, 0.6) is 0 Å². The van der Waals surface area contributed by atoms with E-state index in [1.165, 1.54) is 11.1 Å². The van der Waals surface area contributed by atoms with E-state index in [1.807, 2.05) is 38.1 Å². The van der Waals surface area contributed by atoms with Crippen LogP contribution in [0.1, 0.15) is 50.9 Å². The zero-order valence-corrected chi connectivity index (χ0v) is 23.2. The van der Waals surface area contributed by atoms with Crippen LogP contribution in [0, 0.1) is 0 Å². The van der Waals surface area contributed by atoms with Gasteiger partial charge in [0.2, 0.25) is 0 Å². The summed E-state index contributed by atoms with van der Waals surface area (Å²) in [7, 11) is 0. The topological polar surface area (TPSA) is 52.2 Å². The zero-order valence-electron chi connectivity index (χ0n) is 22.2. The molecule has 0 aliphatic heterocycles. The van der Waals surface area contributed by atoms with Gasteiger partial charge in [0, 0.05) is 28.9 Å². The Hall–Kier alpha value is -3.79. The molecular formula is C33H33CuN4. The summed E-state index contributed by atoms with van der Waals surface area (Å²) in [6, 6.07) is 33.2. The van der Waals surface area contributed by atoms with Crippen molar-refractivity contribution in [2.24, 2.45) is 4.99 Å². The Bertz CT molecular complexity index is 1440. The Morgan fingerprint density at radius 3 is 1.71 bits per heavy atom. The summed E-state index contributed by atoms with van der Waals surface area (Å²) in [6.07, 6.45) is 5.66. The molecule has 5 aromatic rings. The summed E-state index contributed by atoms with van der Waals surface area (Å²) < 4.78 is 0. The molecule has 0 fully saturated rings. The van der Waals surface area contributed by atoms with Crippen LogP contribution >= 0.6 is 0 Å². The van der Waals surface area contributed by atoms with Crippen molar-refractivity contribution in [3.8, 4) is 0 Å². The second-order valence-electron chi connectivity index (χ2n) is 9.07. The molecule has 0 N–H and O–H groups in total. The Kier molecular flexibility index (Phi) is 10.8. The molecule has 0 spiro atoms. The third-order valence-corrected chi connectivity index (χ3v) is 6.12. The van der Waals surface area contributed by atoms with Crippen molar-refractivity contribution in [3.63, 3.8) is 0 Å². The number of rotatable bonds is 6. The molecule has 0 aliphatic rings. The van der Waals surface area contributed by atoms with Crippen molar-refractivity contribution < 1.29 is 17.1 Å². The first-order chi connectivity index (χ1) is 18.0. The van der Waals surface area contributed by atoms with E-state index in [0.717, 1.165) is 33.2 Å². The minimum absolute atomic E-state index is 0.